The van der Waals surface area contributed by atoms with Crippen molar-refractivity contribution in [1.82, 2.24) is 10.3 Å². The van der Waals surface area contributed by atoms with Crippen molar-refractivity contribution in [2.24, 2.45) is 5.92 Å². The molecule has 76 valence electrons. The molecule has 2 nitrogen and oxygen atoms in total. The third-order valence-corrected chi connectivity index (χ3v) is 5.04. The predicted molar refractivity (Wildman–Crippen MR) is 62.3 cm³/mol. The summed E-state index contributed by atoms with van der Waals surface area (Å²) in [5, 5.41) is 4.83. The van der Waals surface area contributed by atoms with E-state index in [4.69, 9.17) is 4.98 Å². The van der Waals surface area contributed by atoms with Crippen molar-refractivity contribution in [2.75, 3.05) is 13.1 Å². The highest BCUT2D eigenvalue weighted by atomic mass is 32.1. The van der Waals surface area contributed by atoms with Crippen LogP contribution in [0, 0.1) is 5.92 Å². The molecule has 1 aliphatic heterocycles. The number of aromatic nitrogens is 1. The first kappa shape index (κ1) is 8.25. The summed E-state index contributed by atoms with van der Waals surface area (Å²) in [6, 6.07) is 8.46. The summed E-state index contributed by atoms with van der Waals surface area (Å²) < 4.78 is 1.33. The molecule has 2 aromatic rings. The molecule has 2 fully saturated rings. The van der Waals surface area contributed by atoms with Crippen molar-refractivity contribution in [3.05, 3.63) is 29.3 Å². The average Bonchev–Trinajstić information content (AvgIpc) is 2.68. The Labute approximate surface area is 92.3 Å². The van der Waals surface area contributed by atoms with E-state index in [0.717, 1.165) is 12.5 Å². The van der Waals surface area contributed by atoms with Crippen LogP contribution >= 0.6 is 11.3 Å². The lowest BCUT2D eigenvalue weighted by molar-refractivity contribution is 0.672. The summed E-state index contributed by atoms with van der Waals surface area (Å²) in [7, 11) is 0. The topological polar surface area (TPSA) is 24.9 Å². The molecule has 2 atom stereocenters. The molecule has 2 heterocycles. The Morgan fingerprint density at radius 1 is 1.40 bits per heavy atom. The molecule has 15 heavy (non-hydrogen) atoms. The molecule has 3 heteroatoms. The van der Waals surface area contributed by atoms with E-state index in [2.05, 4.69) is 29.6 Å². The molecular formula is C12H12N2S. The highest BCUT2D eigenvalue weighted by Gasteiger charge is 2.60. The number of nitrogens with zero attached hydrogens (tertiary/aromatic N) is 1. The van der Waals surface area contributed by atoms with Gasteiger partial charge in [-0.05, 0) is 31.0 Å². The number of hydrogen-bond donors (Lipinski definition) is 1. The number of fused-ring (bicyclic) bond motifs is 2. The SMILES string of the molecule is c1ccc2sc([C@]34CNC[C@H]3C4)nc2c1. The molecular weight excluding hydrogens is 204 g/mol. The van der Waals surface area contributed by atoms with Gasteiger partial charge in [-0.2, -0.15) is 0 Å². The second kappa shape index (κ2) is 2.60. The fourth-order valence-electron chi connectivity index (χ4n) is 2.76. The van der Waals surface area contributed by atoms with E-state index in [1.807, 2.05) is 11.3 Å². The lowest BCUT2D eigenvalue weighted by Crippen LogP contribution is -2.18. The monoisotopic (exact) mass is 216 g/mol. The summed E-state index contributed by atoms with van der Waals surface area (Å²) in [4.78, 5) is 4.79. The Morgan fingerprint density at radius 3 is 3.07 bits per heavy atom. The molecule has 1 aromatic carbocycles. The summed E-state index contributed by atoms with van der Waals surface area (Å²) in [5.74, 6) is 0.859. The summed E-state index contributed by atoms with van der Waals surface area (Å²) in [6.07, 6.45) is 1.35. The van der Waals surface area contributed by atoms with Crippen LogP contribution < -0.4 is 5.32 Å². The second-order valence-electron chi connectivity index (χ2n) is 4.67. The maximum Gasteiger partial charge on any atom is 0.102 e. The van der Waals surface area contributed by atoms with Crippen molar-refractivity contribution in [3.63, 3.8) is 0 Å². The number of hydrogen-bond acceptors (Lipinski definition) is 3. The minimum absolute atomic E-state index is 0.420. The minimum atomic E-state index is 0.420. The molecule has 0 bridgehead atoms. The summed E-state index contributed by atoms with van der Waals surface area (Å²) >= 11 is 1.88. The molecule has 1 saturated carbocycles. The fraction of sp³-hybridized carbons (Fsp3) is 0.417. The molecule has 0 radical (unpaired) electrons. The van der Waals surface area contributed by atoms with Crippen LogP contribution in [0.15, 0.2) is 24.3 Å². The van der Waals surface area contributed by atoms with E-state index >= 15 is 0 Å². The zero-order valence-corrected chi connectivity index (χ0v) is 9.18. The summed E-state index contributed by atoms with van der Waals surface area (Å²) in [6.45, 7) is 2.33. The van der Waals surface area contributed by atoms with Crippen LogP contribution in [0.2, 0.25) is 0 Å². The van der Waals surface area contributed by atoms with E-state index < -0.39 is 0 Å². The van der Waals surface area contributed by atoms with Crippen molar-refractivity contribution in [1.29, 1.82) is 0 Å². The first-order valence-electron chi connectivity index (χ1n) is 5.45. The molecule has 1 N–H and O–H groups in total. The largest absolute Gasteiger partial charge is 0.315 e. The molecule has 0 spiro atoms. The van der Waals surface area contributed by atoms with Gasteiger partial charge < -0.3 is 5.32 Å². The molecule has 0 unspecified atom stereocenters. The average molecular weight is 216 g/mol. The molecule has 1 aromatic heterocycles. The number of rotatable bonds is 1. The van der Waals surface area contributed by atoms with Crippen molar-refractivity contribution < 1.29 is 0 Å². The minimum Gasteiger partial charge on any atom is -0.315 e. The maximum absolute atomic E-state index is 4.79. The zero-order valence-electron chi connectivity index (χ0n) is 8.36. The van der Waals surface area contributed by atoms with Crippen LogP contribution in [0.25, 0.3) is 10.2 Å². The number of para-hydroxylation sites is 1. The number of benzene rings is 1. The van der Waals surface area contributed by atoms with Gasteiger partial charge in [-0.1, -0.05) is 12.1 Å². The lowest BCUT2D eigenvalue weighted by Gasteiger charge is -2.05. The lowest BCUT2D eigenvalue weighted by atomic mass is 10.1. The van der Waals surface area contributed by atoms with Crippen LogP contribution in [0.1, 0.15) is 11.4 Å². The molecule has 1 aliphatic carbocycles. The van der Waals surface area contributed by atoms with Gasteiger partial charge in [0.2, 0.25) is 0 Å². The van der Waals surface area contributed by atoms with E-state index in [-0.39, 0.29) is 0 Å². The Hall–Kier alpha value is -0.930. The molecule has 0 amide bonds. The molecule has 1 saturated heterocycles. The van der Waals surface area contributed by atoms with Crippen molar-refractivity contribution in [2.45, 2.75) is 11.8 Å². The third-order valence-electron chi connectivity index (χ3n) is 3.78. The Bertz CT molecular complexity index is 500. The van der Waals surface area contributed by atoms with Gasteiger partial charge in [0.1, 0.15) is 5.01 Å². The number of piperidine rings is 1. The van der Waals surface area contributed by atoms with E-state index in [9.17, 15) is 0 Å². The van der Waals surface area contributed by atoms with Crippen LogP contribution in [-0.2, 0) is 5.41 Å². The normalized spacial score (nSPS) is 33.2. The quantitative estimate of drug-likeness (QED) is 0.790. The first-order chi connectivity index (χ1) is 7.38. The third kappa shape index (κ3) is 0.998. The van der Waals surface area contributed by atoms with Crippen LogP contribution in [0.3, 0.4) is 0 Å². The van der Waals surface area contributed by atoms with Gasteiger partial charge >= 0.3 is 0 Å². The van der Waals surface area contributed by atoms with Crippen LogP contribution in [-0.4, -0.2) is 18.1 Å². The Morgan fingerprint density at radius 2 is 2.33 bits per heavy atom. The van der Waals surface area contributed by atoms with Gasteiger partial charge in [-0.15, -0.1) is 11.3 Å². The maximum atomic E-state index is 4.79. The second-order valence-corrected chi connectivity index (χ2v) is 5.71. The molecule has 2 aliphatic rings. The van der Waals surface area contributed by atoms with Gasteiger partial charge in [-0.3, -0.25) is 0 Å². The smallest absolute Gasteiger partial charge is 0.102 e. The Kier molecular flexibility index (Phi) is 1.43. The number of thiazole rings is 1. The van der Waals surface area contributed by atoms with Crippen LogP contribution in [0.5, 0.6) is 0 Å². The number of nitrogens with one attached hydrogen (secondary N) is 1. The van der Waals surface area contributed by atoms with Gasteiger partial charge in [0, 0.05) is 12.0 Å². The van der Waals surface area contributed by atoms with Crippen molar-refractivity contribution in [3.8, 4) is 0 Å². The van der Waals surface area contributed by atoms with E-state index in [1.165, 1.54) is 28.2 Å². The van der Waals surface area contributed by atoms with Gasteiger partial charge in [-0.25, -0.2) is 4.98 Å². The highest BCUT2D eigenvalue weighted by molar-refractivity contribution is 7.18. The Balaban J connectivity index is 1.89. The van der Waals surface area contributed by atoms with Crippen LogP contribution in [0.4, 0.5) is 0 Å². The highest BCUT2D eigenvalue weighted by Crippen LogP contribution is 2.57. The first-order valence-corrected chi connectivity index (χ1v) is 6.27. The van der Waals surface area contributed by atoms with E-state index in [0.29, 0.717) is 5.41 Å². The fourth-order valence-corrected chi connectivity index (χ4v) is 4.00. The van der Waals surface area contributed by atoms with Crippen molar-refractivity contribution >= 4 is 21.6 Å². The van der Waals surface area contributed by atoms with Gasteiger partial charge in [0.25, 0.3) is 0 Å². The molecule has 4 rings (SSSR count). The van der Waals surface area contributed by atoms with Gasteiger partial charge in [0.05, 0.1) is 10.2 Å². The summed E-state index contributed by atoms with van der Waals surface area (Å²) in [5.41, 5.74) is 1.59. The van der Waals surface area contributed by atoms with Gasteiger partial charge in [0.15, 0.2) is 0 Å². The van der Waals surface area contributed by atoms with E-state index in [1.54, 1.807) is 0 Å². The predicted octanol–water partition coefficient (Wildman–Crippen LogP) is 2.16. The standard InChI is InChI=1S/C12H12N2S/c1-2-4-10-9(3-1)14-11(15-10)12-5-8(12)6-13-7-12/h1-4,8,13H,5-7H2/t8-,12-/m1/s1. The zero-order chi connectivity index (χ0) is 9.88.